The molecule has 26 heavy (non-hydrogen) atoms. The van der Waals surface area contributed by atoms with Crippen molar-refractivity contribution < 1.29 is 13.9 Å². The smallest absolute Gasteiger partial charge is 0.222 e. The van der Waals surface area contributed by atoms with Crippen molar-refractivity contribution in [3.63, 3.8) is 0 Å². The molecule has 5 nitrogen and oxygen atoms in total. The van der Waals surface area contributed by atoms with Crippen LogP contribution < -0.4 is 15.0 Å². The molecular formula is C18H28Cl2FN3O2. The average molecular weight is 408 g/mol. The molecule has 1 aromatic rings. The van der Waals surface area contributed by atoms with E-state index in [4.69, 9.17) is 4.74 Å². The Hall–Kier alpha value is -1.24. The molecule has 1 unspecified atom stereocenters. The Morgan fingerprint density at radius 3 is 2.62 bits per heavy atom. The molecule has 1 aromatic carbocycles. The van der Waals surface area contributed by atoms with Crippen molar-refractivity contribution in [1.29, 1.82) is 0 Å². The molecule has 1 atom stereocenters. The van der Waals surface area contributed by atoms with Crippen LogP contribution in [0.5, 0.6) is 5.75 Å². The van der Waals surface area contributed by atoms with Crippen LogP contribution in [0.25, 0.3) is 0 Å². The molecular weight excluding hydrogens is 380 g/mol. The third-order valence-electron chi connectivity index (χ3n) is 5.04. The van der Waals surface area contributed by atoms with Gasteiger partial charge >= 0.3 is 0 Å². The van der Waals surface area contributed by atoms with E-state index in [2.05, 4.69) is 10.2 Å². The normalized spacial score (nSPS) is 19.5. The quantitative estimate of drug-likeness (QED) is 0.814. The van der Waals surface area contributed by atoms with Gasteiger partial charge in [-0.1, -0.05) is 0 Å². The summed E-state index contributed by atoms with van der Waals surface area (Å²) >= 11 is 0. The minimum Gasteiger partial charge on any atom is -0.494 e. The fourth-order valence-corrected chi connectivity index (χ4v) is 3.56. The first-order chi connectivity index (χ1) is 11.7. The van der Waals surface area contributed by atoms with Crippen molar-refractivity contribution in [2.24, 2.45) is 5.92 Å². The third-order valence-corrected chi connectivity index (χ3v) is 5.04. The standard InChI is InChI=1S/C18H26FN3O2.2ClH/c1-24-17-12-15(19)3-4-16(17)21-8-10-22(11-9-21)18(23)5-2-14-6-7-20-13-14;;/h3-4,12,14,20H,2,5-11,13H2,1H3;2*1H. The van der Waals surface area contributed by atoms with Crippen molar-refractivity contribution in [3.05, 3.63) is 24.0 Å². The van der Waals surface area contributed by atoms with Crippen LogP contribution in [0.15, 0.2) is 18.2 Å². The number of nitrogens with zero attached hydrogens (tertiary/aromatic N) is 2. The van der Waals surface area contributed by atoms with Gasteiger partial charge in [0.05, 0.1) is 12.8 Å². The lowest BCUT2D eigenvalue weighted by molar-refractivity contribution is -0.131. The van der Waals surface area contributed by atoms with Gasteiger partial charge in [0.2, 0.25) is 5.91 Å². The summed E-state index contributed by atoms with van der Waals surface area (Å²) in [5.41, 5.74) is 0.892. The summed E-state index contributed by atoms with van der Waals surface area (Å²) in [6.45, 7) is 5.05. The monoisotopic (exact) mass is 407 g/mol. The van der Waals surface area contributed by atoms with Gasteiger partial charge in [-0.2, -0.15) is 0 Å². The van der Waals surface area contributed by atoms with Gasteiger partial charge < -0.3 is 19.9 Å². The number of hydrogen-bond donors (Lipinski definition) is 1. The fourth-order valence-electron chi connectivity index (χ4n) is 3.56. The molecule has 0 bridgehead atoms. The van der Waals surface area contributed by atoms with Gasteiger partial charge in [0.15, 0.2) is 0 Å². The second-order valence-corrected chi connectivity index (χ2v) is 6.58. The SMILES string of the molecule is COc1cc(F)ccc1N1CCN(C(=O)CCC2CCNC2)CC1.Cl.Cl. The highest BCUT2D eigenvalue weighted by Crippen LogP contribution is 2.29. The van der Waals surface area contributed by atoms with Gasteiger partial charge in [-0.15, -0.1) is 24.8 Å². The van der Waals surface area contributed by atoms with Gasteiger partial charge in [0, 0.05) is 38.7 Å². The van der Waals surface area contributed by atoms with E-state index in [0.29, 0.717) is 31.2 Å². The van der Waals surface area contributed by atoms with Crippen LogP contribution in [0, 0.1) is 11.7 Å². The lowest BCUT2D eigenvalue weighted by atomic mass is 10.0. The topological polar surface area (TPSA) is 44.8 Å². The van der Waals surface area contributed by atoms with Gasteiger partial charge in [-0.3, -0.25) is 4.79 Å². The Kier molecular flexibility index (Phi) is 9.47. The van der Waals surface area contributed by atoms with E-state index in [9.17, 15) is 9.18 Å². The van der Waals surface area contributed by atoms with Crippen LogP contribution in [0.3, 0.4) is 0 Å². The molecule has 8 heteroatoms. The summed E-state index contributed by atoms with van der Waals surface area (Å²) in [7, 11) is 1.55. The number of carbonyl (C=O) groups is 1. The van der Waals surface area contributed by atoms with Crippen molar-refractivity contribution >= 4 is 36.4 Å². The zero-order valence-electron chi connectivity index (χ0n) is 15.1. The molecule has 2 fully saturated rings. The molecule has 2 heterocycles. The molecule has 148 valence electrons. The second kappa shape index (κ2) is 10.8. The zero-order valence-corrected chi connectivity index (χ0v) is 16.7. The molecule has 1 amide bonds. The van der Waals surface area contributed by atoms with E-state index in [1.165, 1.54) is 18.6 Å². The van der Waals surface area contributed by atoms with Gasteiger partial charge in [-0.25, -0.2) is 4.39 Å². The predicted octanol–water partition coefficient (Wildman–Crippen LogP) is 2.72. The zero-order chi connectivity index (χ0) is 16.9. The maximum atomic E-state index is 13.3. The summed E-state index contributed by atoms with van der Waals surface area (Å²) in [6, 6.07) is 4.60. The summed E-state index contributed by atoms with van der Waals surface area (Å²) in [5.74, 6) is 1.15. The summed E-state index contributed by atoms with van der Waals surface area (Å²) in [5, 5.41) is 3.34. The molecule has 0 saturated carbocycles. The van der Waals surface area contributed by atoms with Crippen LogP contribution >= 0.6 is 24.8 Å². The molecule has 3 rings (SSSR count). The van der Waals surface area contributed by atoms with E-state index >= 15 is 0 Å². The van der Waals surface area contributed by atoms with E-state index in [1.807, 2.05) is 4.90 Å². The molecule has 0 aliphatic carbocycles. The Bertz CT molecular complexity index is 578. The Balaban J connectivity index is 0.00000169. The molecule has 1 N–H and O–H groups in total. The number of anilines is 1. The number of amides is 1. The first-order valence-electron chi connectivity index (χ1n) is 8.74. The van der Waals surface area contributed by atoms with Gasteiger partial charge in [0.25, 0.3) is 0 Å². The van der Waals surface area contributed by atoms with Crippen molar-refractivity contribution in [3.8, 4) is 5.75 Å². The minimum absolute atomic E-state index is 0. The van der Waals surface area contributed by atoms with Crippen molar-refractivity contribution in [2.75, 3.05) is 51.3 Å². The maximum absolute atomic E-state index is 13.3. The maximum Gasteiger partial charge on any atom is 0.222 e. The summed E-state index contributed by atoms with van der Waals surface area (Å²) in [6.07, 6.45) is 2.81. The number of benzene rings is 1. The van der Waals surface area contributed by atoms with Crippen LogP contribution in [0.1, 0.15) is 19.3 Å². The number of nitrogens with one attached hydrogen (secondary N) is 1. The molecule has 2 saturated heterocycles. The Labute approximate surface area is 167 Å². The second-order valence-electron chi connectivity index (χ2n) is 6.58. The first-order valence-corrected chi connectivity index (χ1v) is 8.74. The average Bonchev–Trinajstić information content (AvgIpc) is 3.13. The minimum atomic E-state index is -0.300. The highest BCUT2D eigenvalue weighted by atomic mass is 35.5. The largest absolute Gasteiger partial charge is 0.494 e. The highest BCUT2D eigenvalue weighted by Gasteiger charge is 2.24. The highest BCUT2D eigenvalue weighted by molar-refractivity contribution is 5.85. The first kappa shape index (κ1) is 22.8. The molecule has 0 radical (unpaired) electrons. The van der Waals surface area contributed by atoms with E-state index in [1.54, 1.807) is 13.2 Å². The van der Waals surface area contributed by atoms with Crippen molar-refractivity contribution in [1.82, 2.24) is 10.2 Å². The van der Waals surface area contributed by atoms with Gasteiger partial charge in [0.1, 0.15) is 11.6 Å². The Morgan fingerprint density at radius 2 is 2.00 bits per heavy atom. The number of methoxy groups -OCH3 is 1. The van der Waals surface area contributed by atoms with E-state index in [0.717, 1.165) is 38.3 Å². The van der Waals surface area contributed by atoms with E-state index < -0.39 is 0 Å². The predicted molar refractivity (Wildman–Crippen MR) is 106 cm³/mol. The van der Waals surface area contributed by atoms with Crippen LogP contribution in [0.2, 0.25) is 0 Å². The summed E-state index contributed by atoms with van der Waals surface area (Å²) < 4.78 is 18.6. The number of ether oxygens (including phenoxy) is 1. The molecule has 0 spiro atoms. The summed E-state index contributed by atoms with van der Waals surface area (Å²) in [4.78, 5) is 16.5. The van der Waals surface area contributed by atoms with Gasteiger partial charge in [-0.05, 0) is 44.0 Å². The Morgan fingerprint density at radius 1 is 1.27 bits per heavy atom. The number of piperazine rings is 1. The lowest BCUT2D eigenvalue weighted by Crippen LogP contribution is -2.48. The number of rotatable bonds is 5. The number of hydrogen-bond acceptors (Lipinski definition) is 4. The molecule has 0 aromatic heterocycles. The number of carbonyl (C=O) groups excluding carboxylic acids is 1. The van der Waals surface area contributed by atoms with Crippen molar-refractivity contribution in [2.45, 2.75) is 19.3 Å². The molecule has 2 aliphatic rings. The van der Waals surface area contributed by atoms with Crippen LogP contribution in [0.4, 0.5) is 10.1 Å². The molecule has 2 aliphatic heterocycles. The third kappa shape index (κ3) is 5.63. The van der Waals surface area contributed by atoms with Crippen LogP contribution in [-0.2, 0) is 4.79 Å². The van der Waals surface area contributed by atoms with E-state index in [-0.39, 0.29) is 36.5 Å². The number of halogens is 3. The lowest BCUT2D eigenvalue weighted by Gasteiger charge is -2.36. The fraction of sp³-hybridized carbons (Fsp3) is 0.611. The van der Waals surface area contributed by atoms with Crippen LogP contribution in [-0.4, -0.2) is 57.2 Å².